The van der Waals surface area contributed by atoms with Crippen molar-refractivity contribution in [1.29, 1.82) is 0 Å². The zero-order valence-corrected chi connectivity index (χ0v) is 39.8. The summed E-state index contributed by atoms with van der Waals surface area (Å²) in [4.78, 5) is 46.2. The smallest absolute Gasteiger partial charge is 0.312 e. The van der Waals surface area contributed by atoms with Crippen molar-refractivity contribution < 1.29 is 63.7 Å². The Morgan fingerprint density at radius 2 is 1.49 bits per heavy atom. The summed E-state index contributed by atoms with van der Waals surface area (Å²) in [6.07, 6.45) is 16.0. The average Bonchev–Trinajstić information content (AvgIpc) is 3.54. The summed E-state index contributed by atoms with van der Waals surface area (Å²) in [5, 5.41) is 64.6. The second kappa shape index (κ2) is 23.9. The van der Waals surface area contributed by atoms with Gasteiger partial charge in [0, 0.05) is 61.2 Å². The maximum absolute atomic E-state index is 14.5. The Balaban J connectivity index is 1.80. The second-order valence-electron chi connectivity index (χ2n) is 17.9. The summed E-state index contributed by atoms with van der Waals surface area (Å²) in [7, 11) is 1.44. The lowest BCUT2D eigenvalue weighted by atomic mass is 9.78. The molecule has 65 heavy (non-hydrogen) atoms. The van der Waals surface area contributed by atoms with E-state index in [1.807, 2.05) is 0 Å². The molecular formula is C50H72N2O13. The average molecular weight is 909 g/mol. The van der Waals surface area contributed by atoms with E-state index >= 15 is 0 Å². The molecule has 3 heterocycles. The third-order valence-electron chi connectivity index (χ3n) is 12.9. The highest BCUT2D eigenvalue weighted by atomic mass is 16.7. The number of allylic oxidation sites excluding steroid dienone is 2. The van der Waals surface area contributed by atoms with Crippen molar-refractivity contribution >= 4 is 40.3 Å². The molecule has 2 aromatic carbocycles. The highest BCUT2D eigenvalue weighted by Gasteiger charge is 2.50. The number of amides is 1. The van der Waals surface area contributed by atoms with Gasteiger partial charge in [-0.1, -0.05) is 109 Å². The first-order chi connectivity index (χ1) is 30.8. The van der Waals surface area contributed by atoms with Gasteiger partial charge in [0.1, 0.15) is 30.0 Å². The van der Waals surface area contributed by atoms with Crippen LogP contribution < -0.4 is 10.1 Å². The van der Waals surface area contributed by atoms with Crippen LogP contribution in [-0.2, 0) is 28.6 Å². The van der Waals surface area contributed by atoms with E-state index in [0.717, 1.165) is 31.9 Å². The van der Waals surface area contributed by atoms with Crippen LogP contribution in [0.15, 0.2) is 41.3 Å². The molecular weight excluding hydrogens is 837 g/mol. The van der Waals surface area contributed by atoms with Crippen molar-refractivity contribution in [3.63, 3.8) is 0 Å². The minimum Gasteiger partial charge on any atom is -0.507 e. The first-order valence-corrected chi connectivity index (χ1v) is 23.1. The van der Waals surface area contributed by atoms with E-state index < -0.39 is 88.8 Å². The van der Waals surface area contributed by atoms with Crippen LogP contribution in [0, 0.1) is 30.6 Å². The zero-order valence-electron chi connectivity index (χ0n) is 39.8. The second-order valence-corrected chi connectivity index (χ2v) is 17.9. The van der Waals surface area contributed by atoms with Crippen molar-refractivity contribution in [2.24, 2.45) is 28.8 Å². The molecule has 15 nitrogen and oxygen atoms in total. The van der Waals surface area contributed by atoms with Crippen molar-refractivity contribution in [2.45, 2.75) is 157 Å². The number of carbonyl (C=O) groups excluding carboxylic acids is 3. The molecule has 0 fully saturated rings. The number of ether oxygens (including phenoxy) is 4. The molecule has 0 unspecified atom stereocenters. The number of aliphatic hydroxyl groups excluding tert-OH is 2. The van der Waals surface area contributed by atoms with Gasteiger partial charge in [0.2, 0.25) is 0 Å². The van der Waals surface area contributed by atoms with Crippen LogP contribution in [0.3, 0.4) is 0 Å². The predicted octanol–water partition coefficient (Wildman–Crippen LogP) is 9.03. The van der Waals surface area contributed by atoms with Gasteiger partial charge in [0.25, 0.3) is 11.7 Å². The van der Waals surface area contributed by atoms with Gasteiger partial charge in [-0.25, -0.2) is 0 Å². The van der Waals surface area contributed by atoms with E-state index in [9.17, 15) is 39.9 Å². The minimum absolute atomic E-state index is 0.0443. The van der Waals surface area contributed by atoms with Crippen molar-refractivity contribution in [2.75, 3.05) is 19.0 Å². The molecule has 3 aliphatic rings. The number of fused-ring (bicyclic) bond motifs is 14. The van der Waals surface area contributed by atoms with Gasteiger partial charge in [-0.05, 0) is 32.8 Å². The Labute approximate surface area is 383 Å². The molecule has 6 N–H and O–H groups in total. The van der Waals surface area contributed by atoms with Gasteiger partial charge < -0.3 is 54.6 Å². The fraction of sp³-hybridized carbons (Fsp3) is 0.600. The third-order valence-corrected chi connectivity index (χ3v) is 12.9. The topological polar surface area (TPSA) is 223 Å². The molecule has 9 atom stereocenters. The SMILES string of the molecule is CCCCCCCCCCCCO/N=C/c1c2c(O)c3c(O)c(C)c4c(c3c1O)C(=O)[C@@](C)(O/C=C/[C@H](OC)[C@@H](C)[C@@H](OC(C)=O)[C@H](C)[C@H](O)[C@H](C)[C@@H](O)[C@H](C)/C=C/C=C(/C)C(=O)N2)O4. The summed E-state index contributed by atoms with van der Waals surface area (Å²) in [5.74, 6) is -8.53. The fourth-order valence-electron chi connectivity index (χ4n) is 8.67. The summed E-state index contributed by atoms with van der Waals surface area (Å²) in [6.45, 7) is 15.0. The molecule has 0 aromatic heterocycles. The molecule has 2 aromatic rings. The van der Waals surface area contributed by atoms with Gasteiger partial charge in [-0.15, -0.1) is 0 Å². The molecule has 15 heteroatoms. The highest BCUT2D eigenvalue weighted by molar-refractivity contribution is 6.23. The third kappa shape index (κ3) is 12.4. The van der Waals surface area contributed by atoms with Gasteiger partial charge in [0.05, 0.1) is 53.0 Å². The molecule has 5 bridgehead atoms. The summed E-state index contributed by atoms with van der Waals surface area (Å²) in [5.41, 5.74) is -0.526. The number of unbranched alkanes of at least 4 members (excludes halogenated alkanes) is 9. The number of nitrogens with one attached hydrogen (secondary N) is 1. The number of phenolic OH excluding ortho intramolecular Hbond substituents is 3. The quantitative estimate of drug-likeness (QED) is 0.0245. The lowest BCUT2D eigenvalue weighted by Crippen LogP contribution is -2.46. The number of hydrogen-bond donors (Lipinski definition) is 6. The van der Waals surface area contributed by atoms with Crippen LogP contribution in [0.25, 0.3) is 10.8 Å². The summed E-state index contributed by atoms with van der Waals surface area (Å²) >= 11 is 0. The molecule has 0 saturated heterocycles. The standard InChI is InChI=1S/C50H72N2O13/c1-11-12-13-14-15-16-17-18-19-20-25-63-51-27-35-40-45(58)38-37(44(35)57)39-47(33(7)43(38)56)65-50(9,48(39)59)62-26-24-36(61-10)30(4)46(64-34(8)53)32(6)42(55)31(5)41(54)28(2)22-21-23-29(3)49(60)52-40/h21-24,26-28,30-32,36,41-42,46,54-58H,11-20,25H2,1-10H3,(H,52,60)/b22-21+,26-24+,29-23-,51-27+/t28-,30-,31-,32-,36+,41+,42-,46-,50+/m1/s1. The van der Waals surface area contributed by atoms with E-state index in [-0.39, 0.29) is 51.1 Å². The monoisotopic (exact) mass is 909 g/mol. The molecule has 0 aliphatic carbocycles. The number of aromatic hydroxyl groups is 3. The maximum Gasteiger partial charge on any atom is 0.312 e. The first-order valence-electron chi connectivity index (χ1n) is 23.1. The fourth-order valence-corrected chi connectivity index (χ4v) is 8.67. The number of methoxy groups -OCH3 is 1. The lowest BCUT2D eigenvalue weighted by Gasteiger charge is -2.38. The van der Waals surface area contributed by atoms with Crippen molar-refractivity contribution in [3.8, 4) is 23.0 Å². The Hall–Kier alpha value is -5.12. The van der Waals surface area contributed by atoms with Gasteiger partial charge in [-0.2, -0.15) is 0 Å². The van der Waals surface area contributed by atoms with Crippen molar-refractivity contribution in [3.05, 3.63) is 52.8 Å². The van der Waals surface area contributed by atoms with Crippen LogP contribution in [-0.4, -0.2) is 93.3 Å². The number of hydrogen-bond acceptors (Lipinski definition) is 14. The molecule has 0 spiro atoms. The van der Waals surface area contributed by atoms with Crippen LogP contribution in [0.2, 0.25) is 0 Å². The number of rotatable bonds is 15. The normalized spacial score (nSPS) is 28.4. The van der Waals surface area contributed by atoms with Gasteiger partial charge >= 0.3 is 11.8 Å². The van der Waals surface area contributed by atoms with Crippen LogP contribution in [0.5, 0.6) is 23.0 Å². The number of aliphatic hydroxyl groups is 2. The molecule has 3 aliphatic heterocycles. The van der Waals surface area contributed by atoms with Crippen LogP contribution >= 0.6 is 0 Å². The number of anilines is 1. The van der Waals surface area contributed by atoms with Gasteiger partial charge in [-0.3, -0.25) is 14.4 Å². The maximum atomic E-state index is 14.5. The number of phenols is 3. The number of nitrogens with zero attached hydrogens (tertiary/aromatic N) is 1. The van der Waals surface area contributed by atoms with Crippen LogP contribution in [0.1, 0.15) is 141 Å². The first kappa shape index (κ1) is 52.5. The number of benzene rings is 2. The number of Topliss-reactive ketones (excluding diaryl/α,β-unsaturated/α-hetero) is 1. The number of esters is 1. The Morgan fingerprint density at radius 3 is 2.11 bits per heavy atom. The van der Waals surface area contributed by atoms with E-state index in [1.54, 1.807) is 39.8 Å². The zero-order chi connectivity index (χ0) is 48.2. The summed E-state index contributed by atoms with van der Waals surface area (Å²) in [6, 6.07) is 0. The largest absolute Gasteiger partial charge is 0.507 e. The Morgan fingerprint density at radius 1 is 0.862 bits per heavy atom. The van der Waals surface area contributed by atoms with E-state index in [2.05, 4.69) is 17.4 Å². The molecule has 360 valence electrons. The molecule has 0 radical (unpaired) electrons. The number of ketones is 1. The molecule has 0 saturated carbocycles. The number of oxime groups is 1. The van der Waals surface area contributed by atoms with Gasteiger partial charge in [0.15, 0.2) is 5.75 Å². The predicted molar refractivity (Wildman–Crippen MR) is 249 cm³/mol. The Bertz CT molecular complexity index is 2110. The highest BCUT2D eigenvalue weighted by Crippen LogP contribution is 2.55. The summed E-state index contributed by atoms with van der Waals surface area (Å²) < 4.78 is 23.6. The minimum atomic E-state index is -2.06. The molecule has 1 amide bonds. The van der Waals surface area contributed by atoms with E-state index in [4.69, 9.17) is 23.8 Å². The number of carbonyl (C=O) groups is 3. The van der Waals surface area contributed by atoms with Crippen molar-refractivity contribution in [1.82, 2.24) is 0 Å². The van der Waals surface area contributed by atoms with E-state index in [0.29, 0.717) is 0 Å². The van der Waals surface area contributed by atoms with Crippen LogP contribution in [0.4, 0.5) is 5.69 Å². The lowest BCUT2D eigenvalue weighted by molar-refractivity contribution is -0.160. The van der Waals surface area contributed by atoms with E-state index in [1.165, 1.54) is 91.7 Å². The molecule has 5 rings (SSSR count). The Kier molecular flexibility index (Phi) is 19.3.